The normalized spacial score (nSPS) is 21.6. The highest BCUT2D eigenvalue weighted by Gasteiger charge is 2.52. The van der Waals surface area contributed by atoms with E-state index < -0.39 is 5.41 Å². The molecule has 13 rings (SSSR count). The molecule has 0 atom stereocenters. The Labute approximate surface area is 368 Å². The molecule has 304 valence electrons. The van der Waals surface area contributed by atoms with Crippen LogP contribution in [0.3, 0.4) is 0 Å². The summed E-state index contributed by atoms with van der Waals surface area (Å²) in [4.78, 5) is 2.60. The van der Waals surface area contributed by atoms with E-state index in [9.17, 15) is 0 Å². The molecule has 0 spiro atoms. The summed E-state index contributed by atoms with van der Waals surface area (Å²) >= 11 is 0. The Morgan fingerprint density at radius 2 is 1.05 bits per heavy atom. The molecule has 4 bridgehead atoms. The van der Waals surface area contributed by atoms with Crippen molar-refractivity contribution in [1.82, 2.24) is 0 Å². The quantitative estimate of drug-likeness (QED) is 0.148. The van der Waals surface area contributed by atoms with Crippen LogP contribution in [-0.2, 0) is 10.8 Å². The van der Waals surface area contributed by atoms with Crippen molar-refractivity contribution in [3.63, 3.8) is 0 Å². The van der Waals surface area contributed by atoms with Crippen molar-refractivity contribution < 1.29 is 0 Å². The lowest BCUT2D eigenvalue weighted by molar-refractivity contribution is -0.00518. The smallest absolute Gasteiger partial charge is 0.0714 e. The topological polar surface area (TPSA) is 3.24 Å². The monoisotopic (exact) mass is 801 g/mol. The highest BCUT2D eigenvalue weighted by atomic mass is 15.1. The summed E-state index contributed by atoms with van der Waals surface area (Å²) in [5.74, 6) is 3.10. The number of benzene rings is 8. The van der Waals surface area contributed by atoms with E-state index in [4.69, 9.17) is 0 Å². The summed E-state index contributed by atoms with van der Waals surface area (Å²) in [7, 11) is 0. The van der Waals surface area contributed by atoms with Crippen LogP contribution in [0.4, 0.5) is 17.1 Å². The minimum Gasteiger partial charge on any atom is -0.310 e. The first-order valence-corrected chi connectivity index (χ1v) is 23.3. The van der Waals surface area contributed by atoms with E-state index in [1.165, 1.54) is 122 Å². The van der Waals surface area contributed by atoms with Crippen molar-refractivity contribution in [2.45, 2.75) is 76.0 Å². The number of nitrogens with zero attached hydrogens (tertiary/aromatic N) is 1. The summed E-state index contributed by atoms with van der Waals surface area (Å²) in [5, 5.41) is 2.50. The van der Waals surface area contributed by atoms with E-state index in [2.05, 4.69) is 208 Å². The van der Waals surface area contributed by atoms with Gasteiger partial charge in [-0.1, -0.05) is 159 Å². The molecule has 1 heteroatoms. The fourth-order valence-corrected chi connectivity index (χ4v) is 13.6. The van der Waals surface area contributed by atoms with E-state index in [0.29, 0.717) is 11.3 Å². The van der Waals surface area contributed by atoms with Gasteiger partial charge in [0.05, 0.1) is 11.1 Å². The van der Waals surface area contributed by atoms with Gasteiger partial charge in [-0.25, -0.2) is 0 Å². The van der Waals surface area contributed by atoms with E-state index in [-0.39, 0.29) is 0 Å². The molecule has 62 heavy (non-hydrogen) atoms. The van der Waals surface area contributed by atoms with Gasteiger partial charge in [-0.15, -0.1) is 0 Å². The standard InChI is InChI=1S/C61H55N/c1-40(2)52-22-12-13-23-53(52)55-34-45-16-10-11-17-46(45)35-58(55)62(50-27-25-47(26-28-50)60-37-42-31-43(38-60)33-44(32-42)39-60)51-29-30-54-57(36-51)61(48-18-6-4-7-19-48,49-20-8-5-9-21-49)56-24-14-15-41(3)59(54)56/h4-30,34-36,40,42-44H,31-33,37-39H2,1-3H3. The van der Waals surface area contributed by atoms with Crippen LogP contribution >= 0.6 is 0 Å². The fraction of sp³-hybridized carbons (Fsp3) is 0.246. The maximum Gasteiger partial charge on any atom is 0.0714 e. The van der Waals surface area contributed by atoms with Gasteiger partial charge in [-0.05, 0) is 177 Å². The molecule has 8 aromatic carbocycles. The minimum atomic E-state index is -0.500. The van der Waals surface area contributed by atoms with Crippen molar-refractivity contribution in [3.05, 3.63) is 221 Å². The molecule has 0 saturated heterocycles. The Balaban J connectivity index is 1.13. The third-order valence-corrected chi connectivity index (χ3v) is 15.8. The van der Waals surface area contributed by atoms with Crippen LogP contribution in [0.25, 0.3) is 33.0 Å². The first kappa shape index (κ1) is 37.6. The van der Waals surface area contributed by atoms with Gasteiger partial charge in [0.2, 0.25) is 0 Å². The van der Waals surface area contributed by atoms with Gasteiger partial charge in [0.25, 0.3) is 0 Å². The van der Waals surface area contributed by atoms with Crippen LogP contribution in [0.2, 0.25) is 0 Å². The van der Waals surface area contributed by atoms with E-state index >= 15 is 0 Å². The minimum absolute atomic E-state index is 0.338. The molecular formula is C61H55N. The predicted octanol–water partition coefficient (Wildman–Crippen LogP) is 16.2. The maximum atomic E-state index is 2.60. The molecule has 5 aliphatic rings. The molecule has 0 heterocycles. The van der Waals surface area contributed by atoms with Crippen LogP contribution in [0.15, 0.2) is 182 Å². The summed E-state index contributed by atoms with van der Waals surface area (Å²) in [6.07, 6.45) is 8.49. The lowest BCUT2D eigenvalue weighted by Crippen LogP contribution is -2.48. The molecule has 8 aromatic rings. The van der Waals surface area contributed by atoms with Gasteiger partial charge in [0, 0.05) is 16.9 Å². The van der Waals surface area contributed by atoms with Crippen molar-refractivity contribution in [2.75, 3.05) is 4.90 Å². The Bertz CT molecular complexity index is 2900. The molecule has 1 nitrogen and oxygen atoms in total. The summed E-state index contributed by atoms with van der Waals surface area (Å²) in [6.45, 7) is 6.94. The van der Waals surface area contributed by atoms with Gasteiger partial charge in [0.1, 0.15) is 0 Å². The van der Waals surface area contributed by atoms with Crippen LogP contribution < -0.4 is 4.90 Å². The molecular weight excluding hydrogens is 747 g/mol. The largest absolute Gasteiger partial charge is 0.310 e. The highest BCUT2D eigenvalue weighted by Crippen LogP contribution is 2.62. The van der Waals surface area contributed by atoms with Crippen LogP contribution in [-0.4, -0.2) is 0 Å². The highest BCUT2D eigenvalue weighted by molar-refractivity contribution is 6.00. The maximum absolute atomic E-state index is 2.60. The zero-order chi connectivity index (χ0) is 41.6. The zero-order valence-electron chi connectivity index (χ0n) is 36.3. The van der Waals surface area contributed by atoms with Crippen molar-refractivity contribution in [1.29, 1.82) is 0 Å². The number of fused-ring (bicyclic) bond motifs is 4. The molecule has 0 unspecified atom stereocenters. The lowest BCUT2D eigenvalue weighted by atomic mass is 9.48. The Morgan fingerprint density at radius 1 is 0.468 bits per heavy atom. The van der Waals surface area contributed by atoms with Gasteiger partial charge in [-0.3, -0.25) is 0 Å². The average Bonchev–Trinajstić information content (AvgIpc) is 3.60. The summed E-state index contributed by atoms with van der Waals surface area (Å²) in [5.41, 5.74) is 18.1. The molecule has 5 aliphatic carbocycles. The Morgan fingerprint density at radius 3 is 1.69 bits per heavy atom. The second-order valence-corrected chi connectivity index (χ2v) is 19.7. The summed E-state index contributed by atoms with van der Waals surface area (Å²) < 4.78 is 0. The number of hydrogen-bond donors (Lipinski definition) is 0. The van der Waals surface area contributed by atoms with E-state index in [1.54, 1.807) is 5.56 Å². The van der Waals surface area contributed by atoms with Crippen molar-refractivity contribution >= 4 is 27.8 Å². The molecule has 0 aromatic heterocycles. The van der Waals surface area contributed by atoms with Gasteiger partial charge in [0.15, 0.2) is 0 Å². The molecule has 4 fully saturated rings. The van der Waals surface area contributed by atoms with Crippen molar-refractivity contribution in [2.24, 2.45) is 17.8 Å². The fourth-order valence-electron chi connectivity index (χ4n) is 13.6. The SMILES string of the molecule is Cc1cccc2c1-c1ccc(N(c3ccc(C45CC6CC(CC(C6)C4)C5)cc3)c3cc4ccccc4cc3-c3ccccc3C(C)C)cc1C2(c1ccccc1)c1ccccc1. The molecule has 0 aliphatic heterocycles. The third kappa shape index (κ3) is 5.73. The zero-order valence-corrected chi connectivity index (χ0v) is 36.3. The molecule has 0 N–H and O–H groups in total. The average molecular weight is 802 g/mol. The van der Waals surface area contributed by atoms with Crippen LogP contribution in [0, 0.1) is 24.7 Å². The third-order valence-electron chi connectivity index (χ3n) is 15.8. The van der Waals surface area contributed by atoms with Gasteiger partial charge in [-0.2, -0.15) is 0 Å². The summed E-state index contributed by atoms with van der Waals surface area (Å²) in [6, 6.07) is 69.7. The van der Waals surface area contributed by atoms with Crippen molar-refractivity contribution in [3.8, 4) is 22.3 Å². The molecule has 4 saturated carbocycles. The second kappa shape index (κ2) is 14.5. The number of hydrogen-bond acceptors (Lipinski definition) is 1. The first-order valence-electron chi connectivity index (χ1n) is 23.3. The predicted molar refractivity (Wildman–Crippen MR) is 260 cm³/mol. The lowest BCUT2D eigenvalue weighted by Gasteiger charge is -2.57. The number of aryl methyl sites for hydroxylation is 1. The van der Waals surface area contributed by atoms with E-state index in [1.807, 2.05) is 0 Å². The van der Waals surface area contributed by atoms with Crippen LogP contribution in [0.5, 0.6) is 0 Å². The van der Waals surface area contributed by atoms with E-state index in [0.717, 1.165) is 17.8 Å². The number of anilines is 3. The molecule has 0 amide bonds. The second-order valence-electron chi connectivity index (χ2n) is 19.7. The van der Waals surface area contributed by atoms with Gasteiger partial charge >= 0.3 is 0 Å². The Kier molecular flexibility index (Phi) is 8.76. The first-order chi connectivity index (χ1) is 30.4. The van der Waals surface area contributed by atoms with Crippen LogP contribution in [0.1, 0.15) is 97.2 Å². The number of rotatable bonds is 8. The molecule has 0 radical (unpaired) electrons. The van der Waals surface area contributed by atoms with Gasteiger partial charge < -0.3 is 4.90 Å². The Hall–Kier alpha value is -6.18.